The van der Waals surface area contributed by atoms with Gasteiger partial charge in [-0.2, -0.15) is 0 Å². The van der Waals surface area contributed by atoms with E-state index in [2.05, 4.69) is 25.3 Å². The number of halogens is 1. The first-order valence-corrected chi connectivity index (χ1v) is 26.9. The van der Waals surface area contributed by atoms with Gasteiger partial charge in [-0.15, -0.1) is 0 Å². The van der Waals surface area contributed by atoms with Crippen molar-refractivity contribution in [2.45, 2.75) is 192 Å². The van der Waals surface area contributed by atoms with Crippen molar-refractivity contribution in [1.82, 2.24) is 20.2 Å². The van der Waals surface area contributed by atoms with Crippen LogP contribution in [0.2, 0.25) is 0 Å². The number of amides is 1. The molecule has 430 valence electrons. The highest BCUT2D eigenvalue weighted by Gasteiger charge is 2.55. The first-order valence-electron chi connectivity index (χ1n) is 26.9. The molecule has 0 saturated carbocycles. The molecule has 4 N–H and O–H groups in total. The van der Waals surface area contributed by atoms with Crippen LogP contribution in [0.15, 0.2) is 48.0 Å². The fourth-order valence-electron chi connectivity index (χ4n) is 12.1. The highest BCUT2D eigenvalue weighted by atomic mass is 19.1. The molecule has 4 heterocycles. The van der Waals surface area contributed by atoms with E-state index in [0.29, 0.717) is 36.4 Å². The van der Waals surface area contributed by atoms with Crippen molar-refractivity contribution in [1.29, 1.82) is 0 Å². The predicted molar refractivity (Wildman–Crippen MR) is 282 cm³/mol. The summed E-state index contributed by atoms with van der Waals surface area (Å²) in [6, 6.07) is 6.33. The number of nitrogens with zero attached hydrogens (tertiary/aromatic N) is 4. The fourth-order valence-corrected chi connectivity index (χ4v) is 12.1. The molecule has 19 atom stereocenters. The van der Waals surface area contributed by atoms with Crippen molar-refractivity contribution in [3.05, 3.63) is 48.4 Å². The molecule has 1 amide bonds. The molecular formula is C56H90FN5O14. The van der Waals surface area contributed by atoms with E-state index in [4.69, 9.17) is 42.7 Å². The number of hydrogen-bond acceptors (Lipinski definition) is 18. The number of aliphatic hydroxyl groups is 3. The number of esters is 1. The van der Waals surface area contributed by atoms with Gasteiger partial charge in [-0.25, -0.2) is 4.39 Å². The quantitative estimate of drug-likeness (QED) is 0.0530. The highest BCUT2D eigenvalue weighted by molar-refractivity contribution is 5.89. The van der Waals surface area contributed by atoms with E-state index in [1.54, 1.807) is 60.5 Å². The zero-order valence-electron chi connectivity index (χ0n) is 47.6. The molecule has 3 fully saturated rings. The van der Waals surface area contributed by atoms with Crippen molar-refractivity contribution in [2.75, 3.05) is 55.5 Å². The van der Waals surface area contributed by atoms with Crippen molar-refractivity contribution < 1.29 is 72.0 Å². The predicted octanol–water partition coefficient (Wildman–Crippen LogP) is 6.21. The van der Waals surface area contributed by atoms with Crippen LogP contribution in [-0.2, 0) is 52.3 Å². The van der Waals surface area contributed by atoms with Crippen LogP contribution in [0.25, 0.3) is 11.3 Å². The van der Waals surface area contributed by atoms with Gasteiger partial charge in [0.15, 0.2) is 6.29 Å². The third kappa shape index (κ3) is 14.9. The third-order valence-electron chi connectivity index (χ3n) is 16.7. The lowest BCUT2D eigenvalue weighted by molar-refractivity contribution is -0.278. The summed E-state index contributed by atoms with van der Waals surface area (Å²) in [5.74, 6) is -4.37. The summed E-state index contributed by atoms with van der Waals surface area (Å²) in [6.07, 6.45) is -1.02. The number of benzene rings is 1. The first-order chi connectivity index (χ1) is 35.9. The Labute approximate surface area is 450 Å². The third-order valence-corrected chi connectivity index (χ3v) is 16.7. The van der Waals surface area contributed by atoms with E-state index in [0.717, 1.165) is 5.56 Å². The Hall–Kier alpha value is -3.80. The normalized spacial score (nSPS) is 37.5. The Bertz CT molecular complexity index is 2150. The van der Waals surface area contributed by atoms with Crippen LogP contribution in [-0.4, -0.2) is 181 Å². The van der Waals surface area contributed by atoms with Crippen LogP contribution >= 0.6 is 0 Å². The van der Waals surface area contributed by atoms with Gasteiger partial charge in [0.05, 0.1) is 71.3 Å². The van der Waals surface area contributed by atoms with E-state index in [9.17, 15) is 29.3 Å². The van der Waals surface area contributed by atoms with Gasteiger partial charge < -0.3 is 68.3 Å². The second-order valence-electron chi connectivity index (χ2n) is 22.2. The van der Waals surface area contributed by atoms with Gasteiger partial charge in [0.25, 0.3) is 0 Å². The largest absolute Gasteiger partial charge is 0.459 e. The molecule has 3 saturated heterocycles. The molecule has 0 aliphatic carbocycles. The average Bonchev–Trinajstić information content (AvgIpc) is 3.41. The molecule has 76 heavy (non-hydrogen) atoms. The number of aliphatic hydroxyl groups excluding tert-OH is 2. The summed E-state index contributed by atoms with van der Waals surface area (Å²) in [5.41, 5.74) is -1.51. The smallest absolute Gasteiger partial charge is 0.309 e. The lowest BCUT2D eigenvalue weighted by Crippen LogP contribution is -2.61. The van der Waals surface area contributed by atoms with Gasteiger partial charge in [-0.3, -0.25) is 19.6 Å². The van der Waals surface area contributed by atoms with Gasteiger partial charge in [0, 0.05) is 96.0 Å². The number of rotatable bonds is 19. The van der Waals surface area contributed by atoms with Crippen molar-refractivity contribution in [2.24, 2.45) is 34.7 Å². The number of carbonyl (C=O) groups excluding carboxylic acids is 2. The number of hydrogen-bond donors (Lipinski definition) is 4. The molecule has 5 rings (SSSR count). The Morgan fingerprint density at radius 3 is 2.22 bits per heavy atom. The molecule has 0 spiro atoms. The molecule has 1 unspecified atom stereocenters. The second kappa shape index (κ2) is 27.9. The lowest BCUT2D eigenvalue weighted by Gasteiger charge is -2.52. The minimum absolute atomic E-state index is 0.0790. The number of ether oxygens (including phenoxy) is 8. The van der Waals surface area contributed by atoms with Crippen LogP contribution < -0.4 is 5.32 Å². The zero-order valence-corrected chi connectivity index (χ0v) is 47.6. The maximum absolute atomic E-state index is 14.8. The summed E-state index contributed by atoms with van der Waals surface area (Å²) in [5, 5.41) is 42.9. The number of nitrogens with one attached hydrogen (secondary N) is 1. The Kier molecular flexibility index (Phi) is 23.1. The topological polar surface area (TPSA) is 231 Å². The Balaban J connectivity index is 1.46. The monoisotopic (exact) mass is 1080 g/mol. The van der Waals surface area contributed by atoms with Crippen LogP contribution in [0.3, 0.4) is 0 Å². The summed E-state index contributed by atoms with van der Waals surface area (Å²) in [4.78, 5) is 44.6. The summed E-state index contributed by atoms with van der Waals surface area (Å²) < 4.78 is 65.1. The number of oxime groups is 1. The highest BCUT2D eigenvalue weighted by Crippen LogP contribution is 2.46. The summed E-state index contributed by atoms with van der Waals surface area (Å²) in [6.45, 7) is 17.5. The van der Waals surface area contributed by atoms with E-state index in [1.165, 1.54) is 21.1 Å². The lowest BCUT2D eigenvalue weighted by atomic mass is 9.67. The minimum atomic E-state index is -1.93. The van der Waals surface area contributed by atoms with Gasteiger partial charge in [0.1, 0.15) is 30.6 Å². The molecule has 0 radical (unpaired) electrons. The van der Waals surface area contributed by atoms with Crippen LogP contribution in [0.1, 0.15) is 119 Å². The molecule has 3 aliphatic rings. The van der Waals surface area contributed by atoms with Crippen LogP contribution in [0.4, 0.5) is 4.39 Å². The van der Waals surface area contributed by atoms with Gasteiger partial charge >= 0.3 is 5.97 Å². The Morgan fingerprint density at radius 2 is 1.63 bits per heavy atom. The Morgan fingerprint density at radius 1 is 0.947 bits per heavy atom. The number of cyclic esters (lactones) is 1. The van der Waals surface area contributed by atoms with Crippen LogP contribution in [0, 0.1) is 29.6 Å². The molecule has 2 aromatic rings. The molecule has 20 heteroatoms. The van der Waals surface area contributed by atoms with Crippen molar-refractivity contribution in [3.8, 4) is 11.3 Å². The SMILES string of the molecule is CC[C@H]1OC(=O)[C@H](C)C([C@H]2C[C@@](C)(OC)[C@@H](O)[C@H](C)O2)[C@H](C)[C@@H](O[C@H]2C[C@@H](N(C)CCC(=O)N[C@H](CF)[C@H](OC)c3ccc(-c4cnccn4)cc3)C[C@@H](C)O2)[C@](C)(OC)C[C@@H](C)/C(=N/OCOC)[C@H](C)[C@@H](O)[C@]1(C)O. The van der Waals surface area contributed by atoms with E-state index < -0.39 is 114 Å². The van der Waals surface area contributed by atoms with E-state index in [-0.39, 0.29) is 50.5 Å². The standard InChI is InChI=1S/C56H90FN5O14/c1-16-44-56(10,67)50(64)36(6)48(61-72-31-68-12)32(2)27-55(9,71-15)52(34(4)47(35(5)53(66)75-44)43-28-54(8,70-14)51(65)37(7)74-43)76-46-26-40(25-33(3)73-46)62(11)24-21-45(63)60-41(29-57)49(69-13)39-19-17-38(18-20-39)42-30-58-22-23-59-42/h17-20,22-23,30,32-37,40-41,43-44,46-47,49-52,64-65,67H,16,21,24-29,31H2,1-15H3,(H,60,63)/b61-48-/t32-,33-,34+,35-,36+,37+,40+,41-,43-,44-,46+,47?,49-,50-,51+,52-,54-,55-,56-/m1/s1. The van der Waals surface area contributed by atoms with E-state index in [1.807, 2.05) is 65.9 Å². The number of methoxy groups -OCH3 is 4. The zero-order chi connectivity index (χ0) is 56.3. The summed E-state index contributed by atoms with van der Waals surface area (Å²) >= 11 is 0. The maximum atomic E-state index is 14.8. The fraction of sp³-hybridized carbons (Fsp3) is 0.768. The minimum Gasteiger partial charge on any atom is -0.459 e. The molecule has 3 aliphatic heterocycles. The number of alkyl halides is 1. The van der Waals surface area contributed by atoms with Crippen LogP contribution in [0.5, 0.6) is 0 Å². The number of carbonyl (C=O) groups is 2. The van der Waals surface area contributed by atoms with E-state index >= 15 is 0 Å². The molecule has 1 aromatic heterocycles. The average molecular weight is 1080 g/mol. The molecular weight excluding hydrogens is 986 g/mol. The maximum Gasteiger partial charge on any atom is 0.309 e. The number of aromatic nitrogens is 2. The van der Waals surface area contributed by atoms with Gasteiger partial charge in [0.2, 0.25) is 12.7 Å². The molecule has 0 bridgehead atoms. The van der Waals surface area contributed by atoms with Gasteiger partial charge in [-0.05, 0) is 72.4 Å². The summed E-state index contributed by atoms with van der Waals surface area (Å²) in [7, 11) is 8.04. The van der Waals surface area contributed by atoms with Crippen molar-refractivity contribution >= 4 is 17.6 Å². The second-order valence-corrected chi connectivity index (χ2v) is 22.2. The first kappa shape index (κ1) is 63.0. The molecule has 1 aromatic carbocycles. The van der Waals surface area contributed by atoms with Crippen molar-refractivity contribution in [3.63, 3.8) is 0 Å². The van der Waals surface area contributed by atoms with Gasteiger partial charge in [-0.1, -0.05) is 64.0 Å². The molecule has 19 nitrogen and oxygen atoms in total.